The minimum absolute atomic E-state index is 0. The van der Waals surface area contributed by atoms with E-state index in [0.29, 0.717) is 24.7 Å². The van der Waals surface area contributed by atoms with Crippen LogP contribution in [0.5, 0.6) is 0 Å². The molecule has 19 heteroatoms. The number of ether oxygens (including phenoxy) is 1. The number of rotatable bonds is 18. The van der Waals surface area contributed by atoms with Gasteiger partial charge in [-0.3, -0.25) is 0 Å². The van der Waals surface area contributed by atoms with Gasteiger partial charge in [-0.1, -0.05) is 146 Å². The largest absolute Gasteiger partial charge is 2.00 e. The fourth-order valence-corrected chi connectivity index (χ4v) is 20.3. The second-order valence-electron chi connectivity index (χ2n) is 15.9. The Hall–Kier alpha value is -1.99. The molecule has 0 aromatic heterocycles. The van der Waals surface area contributed by atoms with Crippen LogP contribution in [-0.2, 0) is 63.0 Å². The minimum Gasteiger partial charge on any atom is -1.00 e. The number of alkyl halides is 2. The van der Waals surface area contributed by atoms with Gasteiger partial charge in [-0.15, -0.1) is 23.2 Å². The molecule has 0 unspecified atom stereocenters. The van der Waals surface area contributed by atoms with Gasteiger partial charge in [-0.25, -0.2) is 0 Å². The molecule has 8 rings (SSSR count). The molecule has 0 saturated carbocycles. The molecular weight excluding hydrogens is 1260 g/mol. The molecule has 0 aliphatic rings. The van der Waals surface area contributed by atoms with Gasteiger partial charge >= 0.3 is 66.0 Å². The summed E-state index contributed by atoms with van der Waals surface area (Å²) >= 11 is 18.7. The van der Waals surface area contributed by atoms with E-state index >= 15 is 0 Å². The maximum atomic E-state index is 9.87. The summed E-state index contributed by atoms with van der Waals surface area (Å²) in [7, 11) is -13.8. The zero-order chi connectivity index (χ0) is 52.7. The predicted molar refractivity (Wildman–Crippen MR) is 327 cm³/mol. The van der Waals surface area contributed by atoms with Crippen LogP contribution in [0.15, 0.2) is 243 Å². The van der Waals surface area contributed by atoms with Crippen molar-refractivity contribution in [3.05, 3.63) is 243 Å². The quantitative estimate of drug-likeness (QED) is 0.0212. The third-order valence-corrected chi connectivity index (χ3v) is 23.3. The summed E-state index contributed by atoms with van der Waals surface area (Å²) in [6, 6.07) is 89.0. The van der Waals surface area contributed by atoms with Crippen molar-refractivity contribution < 1.29 is 75.3 Å². The summed E-state index contributed by atoms with van der Waals surface area (Å²) in [6.45, 7) is 1.35. The van der Waals surface area contributed by atoms with Crippen LogP contribution in [-0.4, -0.2) is 54.7 Å². The molecular formula is C57H62Cl3F6Ni2OP5S2+4. The van der Waals surface area contributed by atoms with Crippen LogP contribution >= 0.6 is 62.7 Å². The molecule has 0 fully saturated rings. The van der Waals surface area contributed by atoms with Gasteiger partial charge in [0.2, 0.25) is 0 Å². The van der Waals surface area contributed by atoms with Gasteiger partial charge in [-0.05, 0) is 97.1 Å². The monoisotopic (exact) mass is 1320 g/mol. The molecule has 8 aromatic rings. The molecule has 0 aliphatic heterocycles. The molecule has 1 nitrogen and oxygen atoms in total. The Morgan fingerprint density at radius 1 is 0.316 bits per heavy atom. The van der Waals surface area contributed by atoms with Crippen molar-refractivity contribution in [2.24, 2.45) is 0 Å². The fraction of sp³-hybridized carbons (Fsp3) is 0.158. The van der Waals surface area contributed by atoms with Crippen molar-refractivity contribution in [1.29, 1.82) is 0 Å². The van der Waals surface area contributed by atoms with E-state index in [1.54, 1.807) is 0 Å². The van der Waals surface area contributed by atoms with Gasteiger partial charge < -0.3 is 42.4 Å². The normalized spacial score (nSPS) is 11.4. The van der Waals surface area contributed by atoms with E-state index in [9.17, 15) is 25.2 Å². The van der Waals surface area contributed by atoms with E-state index in [0.717, 1.165) is 0 Å². The summed E-state index contributed by atoms with van der Waals surface area (Å²) in [5.41, 5.74) is 0. The summed E-state index contributed by atoms with van der Waals surface area (Å²) in [4.78, 5) is 0. The number of benzene rings is 8. The van der Waals surface area contributed by atoms with E-state index < -0.39 is 39.5 Å². The van der Waals surface area contributed by atoms with E-state index in [4.69, 9.17) is 27.9 Å². The molecule has 412 valence electrons. The van der Waals surface area contributed by atoms with E-state index in [-0.39, 0.29) is 50.7 Å². The molecule has 0 N–H and O–H groups in total. The molecule has 0 heterocycles. The summed E-state index contributed by atoms with van der Waals surface area (Å²) in [5, 5.41) is 12.3. The number of halogens is 9. The molecule has 76 heavy (non-hydrogen) atoms. The summed E-state index contributed by atoms with van der Waals surface area (Å²) in [5.74, 6) is 1.35. The minimum atomic E-state index is -10.7. The zero-order valence-electron chi connectivity index (χ0n) is 41.2. The summed E-state index contributed by atoms with van der Waals surface area (Å²) < 4.78 is 64.1. The number of hydrogen-bond donors (Lipinski definition) is 0. The topological polar surface area (TPSA) is 9.23 Å². The Morgan fingerprint density at radius 2 is 0.434 bits per heavy atom. The van der Waals surface area contributed by atoms with Crippen molar-refractivity contribution in [3.8, 4) is 0 Å². The van der Waals surface area contributed by atoms with Crippen molar-refractivity contribution in [2.75, 3.05) is 54.7 Å². The van der Waals surface area contributed by atoms with Crippen LogP contribution in [0.25, 0.3) is 0 Å². The fourth-order valence-electron chi connectivity index (χ4n) is 7.66. The van der Waals surface area contributed by atoms with Crippen molar-refractivity contribution >= 4 is 130 Å². The van der Waals surface area contributed by atoms with Crippen LogP contribution in [0, 0.1) is 0 Å². The van der Waals surface area contributed by atoms with Crippen LogP contribution in [0.3, 0.4) is 0 Å². The second kappa shape index (κ2) is 38.6. The zero-order valence-corrected chi connectivity index (χ0v) is 51.9. The smallest absolute Gasteiger partial charge is 1.00 e. The van der Waals surface area contributed by atoms with E-state index in [1.807, 2.05) is 0 Å². The molecule has 0 atom stereocenters. The standard InChI is InChI=1S/2C26H24P2.C4H10OS2.CH2Cl2.ClH.F6P.2Ni/c2*1-5-13-23(14-6-1)27(24-15-7-2-8-16-24)21-22-28(25-17-9-3-10-18-25)26-19-11-4-12-20-26;6-3-1-5-2-4-7;2-1-3;;1-7(2,3,4,5)6;;/h2*1-20H,21-22H2;6-7H,1-4H2;1H2;1H;;;/q;;;;;-1;2*+2/p+1. The van der Waals surface area contributed by atoms with E-state index in [2.05, 4.69) is 268 Å². The first-order valence-electron chi connectivity index (χ1n) is 23.4. The van der Waals surface area contributed by atoms with Gasteiger partial charge in [0.15, 0.2) is 0 Å². The first kappa shape index (κ1) is 72.0. The molecule has 0 saturated heterocycles. The van der Waals surface area contributed by atoms with Crippen molar-refractivity contribution in [1.82, 2.24) is 0 Å². The molecule has 0 radical (unpaired) electrons. The molecule has 8 aromatic carbocycles. The van der Waals surface area contributed by atoms with Crippen molar-refractivity contribution in [3.63, 3.8) is 0 Å². The Labute approximate surface area is 498 Å². The Bertz CT molecular complexity index is 2150. The van der Waals surface area contributed by atoms with Gasteiger partial charge in [0.25, 0.3) is 0 Å². The van der Waals surface area contributed by atoms with Crippen LogP contribution < -0.4 is 54.8 Å². The predicted octanol–water partition coefficient (Wildman–Crippen LogP) is 11.3. The van der Waals surface area contributed by atoms with Gasteiger partial charge in [0.05, 0.1) is 79.5 Å². The van der Waals surface area contributed by atoms with Gasteiger partial charge in [0.1, 0.15) is 24.6 Å². The first-order valence-corrected chi connectivity index (χ1v) is 34.5. The Balaban J connectivity index is 0.000000567. The van der Waals surface area contributed by atoms with Crippen LogP contribution in [0.4, 0.5) is 25.2 Å². The van der Waals surface area contributed by atoms with Gasteiger partial charge in [0, 0.05) is 13.2 Å². The number of hydrogen-bond acceptors (Lipinski definition) is 3. The first-order chi connectivity index (χ1) is 35.1. The molecule has 0 bridgehead atoms. The maximum absolute atomic E-state index is 10.7. The SMILES string of the molecule is ClCCl.F[P-](F)(F)(F)(F)F.[Cl-].[Ni+2].[Ni+2].[S-]CCOCC[S-].c1ccc([PH+](CC[PH+](c2ccccc2)c2ccccc2)c2ccccc2)cc1.c1ccc([PH+](CC[PH+](c2ccccc2)c2ccccc2)c2ccccc2)cc1. The third kappa shape index (κ3) is 31.1. The average Bonchev–Trinajstić information content (AvgIpc) is 3.41. The Morgan fingerprint density at radius 3 is 0.539 bits per heavy atom. The molecule has 0 spiro atoms. The van der Waals surface area contributed by atoms with E-state index in [1.165, 1.54) is 67.1 Å². The molecule has 0 amide bonds. The maximum Gasteiger partial charge on any atom is 2.00 e. The third-order valence-electron chi connectivity index (χ3n) is 10.7. The van der Waals surface area contributed by atoms with Crippen molar-refractivity contribution in [2.45, 2.75) is 0 Å². The Kier molecular flexibility index (Phi) is 36.6. The average molecular weight is 1320 g/mol. The summed E-state index contributed by atoms with van der Waals surface area (Å²) in [6.07, 6.45) is 5.04. The second-order valence-corrected chi connectivity index (χ2v) is 29.9. The van der Waals surface area contributed by atoms with Crippen LogP contribution in [0.2, 0.25) is 0 Å². The van der Waals surface area contributed by atoms with Crippen LogP contribution in [0.1, 0.15) is 0 Å². The molecule has 0 aliphatic carbocycles. The van der Waals surface area contributed by atoms with Gasteiger partial charge in [-0.2, -0.15) is 11.5 Å².